The SMILES string of the molecule is CC.Cc1cc2ncncc2cc1C(C)C. The number of benzene rings is 1. The van der Waals surface area contributed by atoms with Crippen molar-refractivity contribution in [2.45, 2.75) is 40.5 Å². The highest BCUT2D eigenvalue weighted by atomic mass is 14.8. The van der Waals surface area contributed by atoms with Crippen molar-refractivity contribution in [2.24, 2.45) is 0 Å². The maximum atomic E-state index is 4.23. The highest BCUT2D eigenvalue weighted by Crippen LogP contribution is 2.23. The minimum atomic E-state index is 0.555. The van der Waals surface area contributed by atoms with E-state index in [1.807, 2.05) is 20.0 Å². The lowest BCUT2D eigenvalue weighted by molar-refractivity contribution is 0.858. The normalized spacial score (nSPS) is 10.1. The molecule has 2 aromatic rings. The molecule has 0 radical (unpaired) electrons. The molecule has 0 aliphatic carbocycles. The van der Waals surface area contributed by atoms with Gasteiger partial charge in [-0.1, -0.05) is 27.7 Å². The van der Waals surface area contributed by atoms with E-state index in [0.29, 0.717) is 5.92 Å². The average molecular weight is 216 g/mol. The van der Waals surface area contributed by atoms with Gasteiger partial charge in [-0.25, -0.2) is 9.97 Å². The van der Waals surface area contributed by atoms with Gasteiger partial charge >= 0.3 is 0 Å². The molecule has 2 rings (SSSR count). The maximum absolute atomic E-state index is 4.23. The molecule has 1 heterocycles. The van der Waals surface area contributed by atoms with E-state index in [2.05, 4.69) is 42.9 Å². The van der Waals surface area contributed by atoms with Crippen LogP contribution in [0.4, 0.5) is 0 Å². The van der Waals surface area contributed by atoms with E-state index in [-0.39, 0.29) is 0 Å². The Bertz CT molecular complexity index is 461. The number of nitrogens with zero attached hydrogens (tertiary/aromatic N) is 2. The molecule has 0 amide bonds. The van der Waals surface area contributed by atoms with Crippen LogP contribution < -0.4 is 0 Å². The molecule has 0 aliphatic rings. The number of rotatable bonds is 1. The van der Waals surface area contributed by atoms with Crippen molar-refractivity contribution in [3.63, 3.8) is 0 Å². The van der Waals surface area contributed by atoms with E-state index in [4.69, 9.17) is 0 Å². The first-order valence-electron chi connectivity index (χ1n) is 5.88. The Morgan fingerprint density at radius 3 is 2.44 bits per heavy atom. The Kier molecular flexibility index (Phi) is 4.41. The van der Waals surface area contributed by atoms with Crippen LogP contribution >= 0.6 is 0 Å². The third-order valence-corrected chi connectivity index (χ3v) is 2.51. The molecule has 86 valence electrons. The van der Waals surface area contributed by atoms with Gasteiger partial charge in [-0.15, -0.1) is 0 Å². The lowest BCUT2D eigenvalue weighted by Gasteiger charge is -2.10. The average Bonchev–Trinajstić information content (AvgIpc) is 2.30. The predicted octanol–water partition coefficient (Wildman–Crippen LogP) is 4.09. The number of hydrogen-bond acceptors (Lipinski definition) is 2. The zero-order valence-electron chi connectivity index (χ0n) is 10.8. The van der Waals surface area contributed by atoms with Crippen LogP contribution in [0.1, 0.15) is 44.7 Å². The van der Waals surface area contributed by atoms with Crippen LogP contribution in [0.25, 0.3) is 10.9 Å². The topological polar surface area (TPSA) is 25.8 Å². The van der Waals surface area contributed by atoms with Gasteiger partial charge in [0.15, 0.2) is 0 Å². The smallest absolute Gasteiger partial charge is 0.116 e. The van der Waals surface area contributed by atoms with Gasteiger partial charge in [0.25, 0.3) is 0 Å². The summed E-state index contributed by atoms with van der Waals surface area (Å²) in [6, 6.07) is 4.32. The Morgan fingerprint density at radius 1 is 1.12 bits per heavy atom. The van der Waals surface area contributed by atoms with Crippen LogP contribution in [0.15, 0.2) is 24.7 Å². The van der Waals surface area contributed by atoms with Crippen molar-refractivity contribution in [1.82, 2.24) is 9.97 Å². The summed E-state index contributed by atoms with van der Waals surface area (Å²) in [6.45, 7) is 10.5. The van der Waals surface area contributed by atoms with E-state index in [1.165, 1.54) is 11.1 Å². The highest BCUT2D eigenvalue weighted by molar-refractivity contribution is 5.79. The lowest BCUT2D eigenvalue weighted by atomic mass is 9.96. The molecule has 0 bridgehead atoms. The zero-order valence-corrected chi connectivity index (χ0v) is 10.8. The molecule has 0 aliphatic heterocycles. The summed E-state index contributed by atoms with van der Waals surface area (Å²) in [5, 5.41) is 1.13. The van der Waals surface area contributed by atoms with Gasteiger partial charge in [0.05, 0.1) is 5.52 Å². The second kappa shape index (κ2) is 5.59. The van der Waals surface area contributed by atoms with Gasteiger partial charge in [-0.05, 0) is 36.1 Å². The first kappa shape index (κ1) is 12.6. The molecule has 0 saturated carbocycles. The molecule has 0 fully saturated rings. The summed E-state index contributed by atoms with van der Waals surface area (Å²) in [7, 11) is 0. The summed E-state index contributed by atoms with van der Waals surface area (Å²) >= 11 is 0. The van der Waals surface area contributed by atoms with Crippen molar-refractivity contribution >= 4 is 10.9 Å². The predicted molar refractivity (Wildman–Crippen MR) is 69.7 cm³/mol. The molecule has 0 atom stereocenters. The summed E-state index contributed by atoms with van der Waals surface area (Å²) in [5.41, 5.74) is 3.72. The number of hydrogen-bond donors (Lipinski definition) is 0. The Labute approximate surface area is 97.7 Å². The number of aromatic nitrogens is 2. The summed E-state index contributed by atoms with van der Waals surface area (Å²) < 4.78 is 0. The van der Waals surface area contributed by atoms with Crippen molar-refractivity contribution in [3.8, 4) is 0 Å². The number of aryl methyl sites for hydroxylation is 1. The summed E-state index contributed by atoms with van der Waals surface area (Å²) in [6.07, 6.45) is 3.46. The number of fused-ring (bicyclic) bond motifs is 1. The van der Waals surface area contributed by atoms with Crippen LogP contribution in [0.3, 0.4) is 0 Å². The van der Waals surface area contributed by atoms with Crippen molar-refractivity contribution in [3.05, 3.63) is 35.8 Å². The molecular formula is C14H20N2. The van der Waals surface area contributed by atoms with Gasteiger partial charge in [0, 0.05) is 11.6 Å². The molecule has 2 nitrogen and oxygen atoms in total. The molecular weight excluding hydrogens is 196 g/mol. The summed E-state index contributed by atoms with van der Waals surface area (Å²) in [5.74, 6) is 0.555. The van der Waals surface area contributed by atoms with Crippen molar-refractivity contribution < 1.29 is 0 Å². The largest absolute Gasteiger partial charge is 0.244 e. The van der Waals surface area contributed by atoms with Gasteiger partial charge in [-0.3, -0.25) is 0 Å². The monoisotopic (exact) mass is 216 g/mol. The summed E-state index contributed by atoms with van der Waals surface area (Å²) in [4.78, 5) is 8.26. The molecule has 0 N–H and O–H groups in total. The lowest BCUT2D eigenvalue weighted by Crippen LogP contribution is -1.93. The second-order valence-corrected chi connectivity index (χ2v) is 3.95. The minimum Gasteiger partial charge on any atom is -0.244 e. The molecule has 1 aromatic carbocycles. The molecule has 1 aromatic heterocycles. The first-order valence-corrected chi connectivity index (χ1v) is 5.88. The minimum absolute atomic E-state index is 0.555. The first-order chi connectivity index (χ1) is 7.68. The fourth-order valence-electron chi connectivity index (χ4n) is 1.77. The van der Waals surface area contributed by atoms with Gasteiger partial charge in [0.2, 0.25) is 0 Å². The van der Waals surface area contributed by atoms with Gasteiger partial charge < -0.3 is 0 Å². The quantitative estimate of drug-likeness (QED) is 0.717. The third-order valence-electron chi connectivity index (χ3n) is 2.51. The van der Waals surface area contributed by atoms with E-state index in [0.717, 1.165) is 10.9 Å². The molecule has 0 saturated heterocycles. The van der Waals surface area contributed by atoms with E-state index in [1.54, 1.807) is 6.33 Å². The van der Waals surface area contributed by atoms with E-state index < -0.39 is 0 Å². The van der Waals surface area contributed by atoms with Crippen LogP contribution in [-0.4, -0.2) is 9.97 Å². The Hall–Kier alpha value is -1.44. The zero-order chi connectivity index (χ0) is 12.1. The van der Waals surface area contributed by atoms with Crippen molar-refractivity contribution in [2.75, 3.05) is 0 Å². The Morgan fingerprint density at radius 2 is 1.81 bits per heavy atom. The van der Waals surface area contributed by atoms with E-state index in [9.17, 15) is 0 Å². The standard InChI is InChI=1S/C12H14N2.C2H6/c1-8(2)11-5-10-6-13-7-14-12(10)4-9(11)3;1-2/h4-8H,1-3H3;1-2H3. The Balaban J connectivity index is 0.000000606. The van der Waals surface area contributed by atoms with Gasteiger partial charge in [-0.2, -0.15) is 0 Å². The van der Waals surface area contributed by atoms with Crippen molar-refractivity contribution in [1.29, 1.82) is 0 Å². The fraction of sp³-hybridized carbons (Fsp3) is 0.429. The molecule has 16 heavy (non-hydrogen) atoms. The van der Waals surface area contributed by atoms with Crippen LogP contribution in [0, 0.1) is 6.92 Å². The maximum Gasteiger partial charge on any atom is 0.116 e. The van der Waals surface area contributed by atoms with Crippen LogP contribution in [0.5, 0.6) is 0 Å². The van der Waals surface area contributed by atoms with Gasteiger partial charge in [0.1, 0.15) is 6.33 Å². The highest BCUT2D eigenvalue weighted by Gasteiger charge is 2.05. The fourth-order valence-corrected chi connectivity index (χ4v) is 1.77. The molecule has 2 heteroatoms. The van der Waals surface area contributed by atoms with E-state index >= 15 is 0 Å². The molecule has 0 spiro atoms. The molecule has 0 unspecified atom stereocenters. The third kappa shape index (κ3) is 2.57. The second-order valence-electron chi connectivity index (χ2n) is 3.95. The van der Waals surface area contributed by atoms with Crippen LogP contribution in [-0.2, 0) is 0 Å². The van der Waals surface area contributed by atoms with Crippen LogP contribution in [0.2, 0.25) is 0 Å².